The predicted molar refractivity (Wildman–Crippen MR) is 84.5 cm³/mol. The number of nitro benzene ring substituents is 1. The number of carbonyl (C=O) groups excluding carboxylic acids is 1. The average molecular weight is 320 g/mol. The van der Waals surface area contributed by atoms with Gasteiger partial charge in [0.2, 0.25) is 0 Å². The Hall–Kier alpha value is -2.47. The second-order valence-electron chi connectivity index (χ2n) is 4.92. The molecule has 0 unspecified atom stereocenters. The first kappa shape index (κ1) is 15.9. The van der Waals surface area contributed by atoms with Gasteiger partial charge in [0.15, 0.2) is 0 Å². The topological polar surface area (TPSA) is 85.1 Å². The predicted octanol–water partition coefficient (Wildman–Crippen LogP) is 3.82. The number of nitro groups is 1. The van der Waals surface area contributed by atoms with E-state index in [1.165, 1.54) is 12.1 Å². The Kier molecular flexibility index (Phi) is 4.42. The third kappa shape index (κ3) is 3.23. The van der Waals surface area contributed by atoms with Gasteiger partial charge in [0, 0.05) is 17.8 Å². The highest BCUT2D eigenvalue weighted by Crippen LogP contribution is 2.25. The average Bonchev–Trinajstić information content (AvgIpc) is 2.42. The maximum atomic E-state index is 12.4. The standard InChI is InChI=1S/C15H14ClN3O3/c1-8-6-9(2)17-10(3)14(8)18-15(20)12-7-11(19(21)22)4-5-13(12)16/h4-7H,1-3H3,(H,18,20). The van der Waals surface area contributed by atoms with E-state index in [1.807, 2.05) is 19.9 Å². The number of hydrogen-bond acceptors (Lipinski definition) is 4. The van der Waals surface area contributed by atoms with Gasteiger partial charge in [0.05, 0.1) is 26.9 Å². The van der Waals surface area contributed by atoms with Crippen molar-refractivity contribution in [2.45, 2.75) is 20.8 Å². The SMILES string of the molecule is Cc1cc(C)c(NC(=O)c2cc([N+](=O)[O-])ccc2Cl)c(C)n1. The van der Waals surface area contributed by atoms with Crippen molar-refractivity contribution in [3.05, 3.63) is 61.9 Å². The minimum absolute atomic E-state index is 0.0511. The molecule has 0 saturated carbocycles. The largest absolute Gasteiger partial charge is 0.320 e. The molecule has 1 N–H and O–H groups in total. The summed E-state index contributed by atoms with van der Waals surface area (Å²) in [6.07, 6.45) is 0. The van der Waals surface area contributed by atoms with E-state index in [2.05, 4.69) is 10.3 Å². The highest BCUT2D eigenvalue weighted by atomic mass is 35.5. The molecule has 0 bridgehead atoms. The van der Waals surface area contributed by atoms with E-state index in [1.54, 1.807) is 6.92 Å². The summed E-state index contributed by atoms with van der Waals surface area (Å²) in [5.41, 5.74) is 2.83. The molecule has 6 nitrogen and oxygen atoms in total. The summed E-state index contributed by atoms with van der Waals surface area (Å²) in [4.78, 5) is 26.9. The Labute approximate surface area is 132 Å². The molecule has 0 aliphatic heterocycles. The lowest BCUT2D eigenvalue weighted by atomic mass is 10.1. The van der Waals surface area contributed by atoms with E-state index < -0.39 is 10.8 Å². The Morgan fingerprint density at radius 1 is 1.27 bits per heavy atom. The first-order valence-corrected chi connectivity index (χ1v) is 6.87. The zero-order chi connectivity index (χ0) is 16.4. The number of amides is 1. The van der Waals surface area contributed by atoms with Crippen LogP contribution >= 0.6 is 11.6 Å². The number of nitrogens with one attached hydrogen (secondary N) is 1. The molecule has 0 aliphatic carbocycles. The van der Waals surface area contributed by atoms with E-state index in [9.17, 15) is 14.9 Å². The zero-order valence-electron chi connectivity index (χ0n) is 12.3. The molecule has 0 aliphatic rings. The van der Waals surface area contributed by atoms with Gasteiger partial charge in [-0.15, -0.1) is 0 Å². The van der Waals surface area contributed by atoms with Crippen molar-refractivity contribution in [2.75, 3.05) is 5.32 Å². The maximum Gasteiger partial charge on any atom is 0.270 e. The van der Waals surface area contributed by atoms with Crippen LogP contribution in [0.4, 0.5) is 11.4 Å². The van der Waals surface area contributed by atoms with Crippen LogP contribution in [-0.2, 0) is 0 Å². The quantitative estimate of drug-likeness (QED) is 0.688. The number of benzene rings is 1. The summed E-state index contributed by atoms with van der Waals surface area (Å²) in [5.74, 6) is -0.509. The Bertz CT molecular complexity index is 752. The van der Waals surface area contributed by atoms with Crippen LogP contribution in [0.2, 0.25) is 5.02 Å². The Morgan fingerprint density at radius 2 is 1.95 bits per heavy atom. The number of rotatable bonds is 3. The first-order chi connectivity index (χ1) is 10.3. The van der Waals surface area contributed by atoms with Crippen LogP contribution in [0, 0.1) is 30.9 Å². The van der Waals surface area contributed by atoms with Crippen molar-refractivity contribution >= 4 is 28.9 Å². The number of pyridine rings is 1. The molecule has 0 saturated heterocycles. The van der Waals surface area contributed by atoms with Crippen molar-refractivity contribution in [3.8, 4) is 0 Å². The molecule has 22 heavy (non-hydrogen) atoms. The summed E-state index contributed by atoms with van der Waals surface area (Å²) < 4.78 is 0. The lowest BCUT2D eigenvalue weighted by molar-refractivity contribution is -0.384. The number of carbonyl (C=O) groups is 1. The van der Waals surface area contributed by atoms with Crippen molar-refractivity contribution in [1.29, 1.82) is 0 Å². The smallest absolute Gasteiger partial charge is 0.270 e. The summed E-state index contributed by atoms with van der Waals surface area (Å²) in [7, 11) is 0. The number of anilines is 1. The Balaban J connectivity index is 2.38. The molecule has 1 aromatic heterocycles. The monoisotopic (exact) mass is 319 g/mol. The van der Waals surface area contributed by atoms with E-state index >= 15 is 0 Å². The van der Waals surface area contributed by atoms with E-state index in [0.717, 1.165) is 17.3 Å². The van der Waals surface area contributed by atoms with E-state index in [0.29, 0.717) is 11.4 Å². The van der Waals surface area contributed by atoms with Crippen LogP contribution in [0.25, 0.3) is 0 Å². The second kappa shape index (κ2) is 6.11. The van der Waals surface area contributed by atoms with Crippen LogP contribution in [0.1, 0.15) is 27.3 Å². The third-order valence-electron chi connectivity index (χ3n) is 3.17. The number of aryl methyl sites for hydroxylation is 3. The number of aromatic nitrogens is 1. The second-order valence-corrected chi connectivity index (χ2v) is 5.32. The minimum Gasteiger partial charge on any atom is -0.320 e. The van der Waals surface area contributed by atoms with Crippen molar-refractivity contribution in [2.24, 2.45) is 0 Å². The summed E-state index contributed by atoms with van der Waals surface area (Å²) in [6, 6.07) is 5.59. The lowest BCUT2D eigenvalue weighted by Gasteiger charge is -2.12. The van der Waals surface area contributed by atoms with E-state index in [4.69, 9.17) is 11.6 Å². The van der Waals surface area contributed by atoms with Gasteiger partial charge in [-0.05, 0) is 38.5 Å². The van der Waals surface area contributed by atoms with Crippen LogP contribution in [0.5, 0.6) is 0 Å². The Morgan fingerprint density at radius 3 is 2.55 bits per heavy atom. The van der Waals surface area contributed by atoms with Gasteiger partial charge in [-0.25, -0.2) is 0 Å². The summed E-state index contributed by atoms with van der Waals surface area (Å²) >= 11 is 5.97. The number of halogens is 1. The number of hydrogen-bond donors (Lipinski definition) is 1. The van der Waals surface area contributed by atoms with Gasteiger partial charge < -0.3 is 5.32 Å². The van der Waals surface area contributed by atoms with Gasteiger partial charge >= 0.3 is 0 Å². The first-order valence-electron chi connectivity index (χ1n) is 6.49. The molecule has 2 rings (SSSR count). The fraction of sp³-hybridized carbons (Fsp3) is 0.200. The fourth-order valence-corrected chi connectivity index (χ4v) is 2.40. The highest BCUT2D eigenvalue weighted by Gasteiger charge is 2.17. The van der Waals surface area contributed by atoms with Crippen molar-refractivity contribution < 1.29 is 9.72 Å². The van der Waals surface area contributed by atoms with Gasteiger partial charge in [-0.1, -0.05) is 11.6 Å². The van der Waals surface area contributed by atoms with E-state index in [-0.39, 0.29) is 16.3 Å². The molecule has 0 fully saturated rings. The maximum absolute atomic E-state index is 12.4. The van der Waals surface area contributed by atoms with Gasteiger partial charge in [-0.2, -0.15) is 0 Å². The number of non-ortho nitro benzene ring substituents is 1. The molecule has 2 aromatic rings. The van der Waals surface area contributed by atoms with Crippen molar-refractivity contribution in [3.63, 3.8) is 0 Å². The molecule has 1 heterocycles. The normalized spacial score (nSPS) is 10.4. The molecule has 7 heteroatoms. The minimum atomic E-state index is -0.572. The van der Waals surface area contributed by atoms with Gasteiger partial charge in [-0.3, -0.25) is 19.9 Å². The van der Waals surface area contributed by atoms with Crippen LogP contribution in [-0.4, -0.2) is 15.8 Å². The summed E-state index contributed by atoms with van der Waals surface area (Å²) in [5, 5.41) is 13.7. The molecule has 0 spiro atoms. The third-order valence-corrected chi connectivity index (χ3v) is 3.50. The molecule has 1 amide bonds. The molecule has 0 radical (unpaired) electrons. The number of nitrogens with zero attached hydrogens (tertiary/aromatic N) is 2. The molecular weight excluding hydrogens is 306 g/mol. The van der Waals surface area contributed by atoms with Crippen molar-refractivity contribution in [1.82, 2.24) is 4.98 Å². The lowest BCUT2D eigenvalue weighted by Crippen LogP contribution is -2.15. The van der Waals surface area contributed by atoms with Gasteiger partial charge in [0.1, 0.15) is 0 Å². The van der Waals surface area contributed by atoms with Crippen LogP contribution in [0.15, 0.2) is 24.3 Å². The highest BCUT2D eigenvalue weighted by molar-refractivity contribution is 6.34. The molecule has 1 aromatic carbocycles. The van der Waals surface area contributed by atoms with Crippen LogP contribution in [0.3, 0.4) is 0 Å². The molecule has 114 valence electrons. The van der Waals surface area contributed by atoms with Crippen LogP contribution < -0.4 is 5.32 Å². The van der Waals surface area contributed by atoms with Gasteiger partial charge in [0.25, 0.3) is 11.6 Å². The summed E-state index contributed by atoms with van der Waals surface area (Å²) in [6.45, 7) is 5.50. The fourth-order valence-electron chi connectivity index (χ4n) is 2.19. The molecular formula is C15H14ClN3O3. The molecule has 0 atom stereocenters. The zero-order valence-corrected chi connectivity index (χ0v) is 13.1.